The molecule has 0 aliphatic rings. The van der Waals surface area contributed by atoms with E-state index in [0.717, 1.165) is 10.0 Å². The third-order valence-corrected chi connectivity index (χ3v) is 4.89. The van der Waals surface area contributed by atoms with E-state index in [1.165, 1.54) is 11.1 Å². The molecule has 0 spiro atoms. The Balaban J connectivity index is 1.78. The topological polar surface area (TPSA) is 62.1 Å². The normalized spacial score (nSPS) is 10.9. The lowest BCUT2D eigenvalue weighted by Gasteiger charge is -2.11. The number of amides is 1. The van der Waals surface area contributed by atoms with Crippen LogP contribution in [0.1, 0.15) is 22.3 Å². The van der Waals surface area contributed by atoms with E-state index in [0.29, 0.717) is 23.6 Å². The summed E-state index contributed by atoms with van der Waals surface area (Å²) in [5.41, 5.74) is 4.71. The van der Waals surface area contributed by atoms with Gasteiger partial charge in [-0.3, -0.25) is 4.79 Å². The number of anilines is 1. The molecule has 0 bridgehead atoms. The molecular weight excluding hydrogens is 440 g/mol. The maximum Gasteiger partial charge on any atom is 0.266 e. The number of nitriles is 1. The molecule has 1 N–H and O–H groups in total. The van der Waals surface area contributed by atoms with Crippen molar-refractivity contribution < 1.29 is 9.53 Å². The Morgan fingerprint density at radius 3 is 2.40 bits per heavy atom. The molecule has 0 saturated carbocycles. The summed E-state index contributed by atoms with van der Waals surface area (Å²) in [6.07, 6.45) is 1.55. The van der Waals surface area contributed by atoms with E-state index >= 15 is 0 Å². The fourth-order valence-electron chi connectivity index (χ4n) is 3.08. The third kappa shape index (κ3) is 5.82. The Morgan fingerprint density at radius 2 is 1.73 bits per heavy atom. The van der Waals surface area contributed by atoms with Crippen LogP contribution in [0.5, 0.6) is 5.75 Å². The molecule has 0 aliphatic heterocycles. The smallest absolute Gasteiger partial charge is 0.266 e. The molecule has 3 aromatic carbocycles. The highest BCUT2D eigenvalue weighted by Gasteiger charge is 2.11. The van der Waals surface area contributed by atoms with E-state index < -0.39 is 5.91 Å². The van der Waals surface area contributed by atoms with E-state index in [2.05, 4.69) is 53.3 Å². The van der Waals surface area contributed by atoms with Gasteiger partial charge >= 0.3 is 0 Å². The summed E-state index contributed by atoms with van der Waals surface area (Å²) in [6, 6.07) is 22.8. The van der Waals surface area contributed by atoms with Crippen molar-refractivity contribution in [3.05, 3.63) is 99.0 Å². The highest BCUT2D eigenvalue weighted by molar-refractivity contribution is 9.10. The zero-order valence-corrected chi connectivity index (χ0v) is 18.4. The SMILES string of the molecule is Cc1cc(C)cc(COc2ccccc2/C=C(\C#N)C(=O)Nc2ccc(Br)cc2)c1. The third-order valence-electron chi connectivity index (χ3n) is 4.36. The first kappa shape index (κ1) is 21.4. The molecule has 0 aliphatic carbocycles. The van der Waals surface area contributed by atoms with Gasteiger partial charge in [0, 0.05) is 15.7 Å². The largest absolute Gasteiger partial charge is 0.488 e. The van der Waals surface area contributed by atoms with E-state index in [9.17, 15) is 10.1 Å². The van der Waals surface area contributed by atoms with Gasteiger partial charge in [0.2, 0.25) is 0 Å². The minimum atomic E-state index is -0.469. The van der Waals surface area contributed by atoms with Gasteiger partial charge in [0.25, 0.3) is 5.91 Å². The zero-order chi connectivity index (χ0) is 21.5. The molecule has 0 unspecified atom stereocenters. The number of nitrogens with zero attached hydrogens (tertiary/aromatic N) is 1. The van der Waals surface area contributed by atoms with Gasteiger partial charge in [0.1, 0.15) is 24.0 Å². The van der Waals surface area contributed by atoms with Crippen LogP contribution in [0.2, 0.25) is 0 Å². The summed E-state index contributed by atoms with van der Waals surface area (Å²) >= 11 is 3.36. The molecule has 5 heteroatoms. The van der Waals surface area contributed by atoms with Crippen LogP contribution in [0.4, 0.5) is 5.69 Å². The number of ether oxygens (including phenoxy) is 1. The molecule has 1 amide bonds. The van der Waals surface area contributed by atoms with Crippen molar-refractivity contribution in [3.8, 4) is 11.8 Å². The Labute approximate surface area is 184 Å². The standard InChI is InChI=1S/C25H21BrN2O2/c1-17-11-18(2)13-19(12-17)16-30-24-6-4-3-5-20(24)14-21(15-27)25(29)28-23-9-7-22(26)8-10-23/h3-14H,16H2,1-2H3,(H,28,29)/b21-14+. The fourth-order valence-corrected chi connectivity index (χ4v) is 3.34. The average Bonchev–Trinajstić information content (AvgIpc) is 2.72. The Kier molecular flexibility index (Phi) is 7.05. The molecule has 4 nitrogen and oxygen atoms in total. The molecule has 30 heavy (non-hydrogen) atoms. The molecule has 3 aromatic rings. The number of carbonyl (C=O) groups excluding carboxylic acids is 1. The number of hydrogen-bond donors (Lipinski definition) is 1. The highest BCUT2D eigenvalue weighted by Crippen LogP contribution is 2.23. The lowest BCUT2D eigenvalue weighted by molar-refractivity contribution is -0.112. The predicted molar refractivity (Wildman–Crippen MR) is 123 cm³/mol. The van der Waals surface area contributed by atoms with Crippen molar-refractivity contribution in [3.63, 3.8) is 0 Å². The number of rotatable bonds is 6. The molecule has 0 atom stereocenters. The van der Waals surface area contributed by atoms with Gasteiger partial charge in [-0.25, -0.2) is 0 Å². The van der Waals surface area contributed by atoms with Crippen LogP contribution < -0.4 is 10.1 Å². The van der Waals surface area contributed by atoms with E-state index in [1.54, 1.807) is 18.2 Å². The minimum Gasteiger partial charge on any atom is -0.488 e. The zero-order valence-electron chi connectivity index (χ0n) is 16.8. The summed E-state index contributed by atoms with van der Waals surface area (Å²) in [5, 5.41) is 12.3. The van der Waals surface area contributed by atoms with Gasteiger partial charge in [0.05, 0.1) is 0 Å². The summed E-state index contributed by atoms with van der Waals surface area (Å²) in [4.78, 5) is 12.5. The second kappa shape index (κ2) is 9.91. The number of halogens is 1. The second-order valence-corrected chi connectivity index (χ2v) is 7.87. The lowest BCUT2D eigenvalue weighted by atomic mass is 10.1. The summed E-state index contributed by atoms with van der Waals surface area (Å²) in [5.74, 6) is 0.143. The van der Waals surface area contributed by atoms with Gasteiger partial charge in [0.15, 0.2) is 0 Å². The first-order chi connectivity index (χ1) is 14.4. The van der Waals surface area contributed by atoms with Crippen LogP contribution in [0, 0.1) is 25.2 Å². The van der Waals surface area contributed by atoms with Crippen molar-refractivity contribution in [1.82, 2.24) is 0 Å². The summed E-state index contributed by atoms with van der Waals surface area (Å²) < 4.78 is 6.91. The van der Waals surface area contributed by atoms with Crippen molar-refractivity contribution in [2.24, 2.45) is 0 Å². The number of benzene rings is 3. The monoisotopic (exact) mass is 460 g/mol. The van der Waals surface area contributed by atoms with E-state index in [4.69, 9.17) is 4.74 Å². The summed E-state index contributed by atoms with van der Waals surface area (Å²) in [7, 11) is 0. The van der Waals surface area contributed by atoms with Crippen LogP contribution in [0.15, 0.2) is 76.8 Å². The Morgan fingerprint density at radius 1 is 1.07 bits per heavy atom. The van der Waals surface area contributed by atoms with Gasteiger partial charge < -0.3 is 10.1 Å². The maximum absolute atomic E-state index is 12.5. The van der Waals surface area contributed by atoms with Gasteiger partial charge in [-0.05, 0) is 55.8 Å². The number of carbonyl (C=O) groups is 1. The molecule has 3 rings (SSSR count). The molecule has 0 saturated heterocycles. The first-order valence-corrected chi connectivity index (χ1v) is 10.2. The van der Waals surface area contributed by atoms with Crippen molar-refractivity contribution in [2.45, 2.75) is 20.5 Å². The lowest BCUT2D eigenvalue weighted by Crippen LogP contribution is -2.13. The molecule has 0 radical (unpaired) electrons. The van der Waals surface area contributed by atoms with Gasteiger partial charge in [-0.2, -0.15) is 5.26 Å². The number of aryl methyl sites for hydroxylation is 2. The van der Waals surface area contributed by atoms with Crippen LogP contribution in [0.25, 0.3) is 6.08 Å². The first-order valence-electron chi connectivity index (χ1n) is 9.42. The van der Waals surface area contributed by atoms with Crippen LogP contribution in [-0.4, -0.2) is 5.91 Å². The number of para-hydroxylation sites is 1. The van der Waals surface area contributed by atoms with Crippen LogP contribution >= 0.6 is 15.9 Å². The van der Waals surface area contributed by atoms with Crippen molar-refractivity contribution >= 4 is 33.6 Å². The van der Waals surface area contributed by atoms with E-state index in [1.807, 2.05) is 42.5 Å². The number of nitrogens with one attached hydrogen (secondary N) is 1. The Hall–Kier alpha value is -3.36. The molecule has 0 fully saturated rings. The van der Waals surface area contributed by atoms with Gasteiger partial charge in [-0.15, -0.1) is 0 Å². The quantitative estimate of drug-likeness (QED) is 0.352. The minimum absolute atomic E-state index is 0.000341. The van der Waals surface area contributed by atoms with Gasteiger partial charge in [-0.1, -0.05) is 63.5 Å². The molecular formula is C25H21BrN2O2. The summed E-state index contributed by atoms with van der Waals surface area (Å²) in [6.45, 7) is 4.51. The molecule has 150 valence electrons. The predicted octanol–water partition coefficient (Wildman–Crippen LogP) is 6.19. The Bertz CT molecular complexity index is 1110. The molecule has 0 aromatic heterocycles. The maximum atomic E-state index is 12.5. The molecule has 0 heterocycles. The van der Waals surface area contributed by atoms with Crippen molar-refractivity contribution in [2.75, 3.05) is 5.32 Å². The van der Waals surface area contributed by atoms with Crippen molar-refractivity contribution in [1.29, 1.82) is 5.26 Å². The average molecular weight is 461 g/mol. The van der Waals surface area contributed by atoms with E-state index in [-0.39, 0.29) is 5.57 Å². The van der Waals surface area contributed by atoms with Crippen LogP contribution in [0.3, 0.4) is 0 Å². The van der Waals surface area contributed by atoms with Crippen LogP contribution in [-0.2, 0) is 11.4 Å². The highest BCUT2D eigenvalue weighted by atomic mass is 79.9. The second-order valence-electron chi connectivity index (χ2n) is 6.95. The number of hydrogen-bond acceptors (Lipinski definition) is 3. The fraction of sp³-hybridized carbons (Fsp3) is 0.120.